The van der Waals surface area contributed by atoms with E-state index < -0.39 is 0 Å². The van der Waals surface area contributed by atoms with E-state index in [-0.39, 0.29) is 0 Å². The summed E-state index contributed by atoms with van der Waals surface area (Å²) in [5, 5.41) is 0. The van der Waals surface area contributed by atoms with Gasteiger partial charge in [0.05, 0.1) is 0 Å². The third-order valence-electron chi connectivity index (χ3n) is 7.14. The second kappa shape index (κ2) is 10.0. The molecule has 1 aliphatic heterocycles. The SMILES string of the molecule is Cc1cccc(-c2nc(C)c(C(C)C)c(N3CCN(C(=O)CCC4CCCC4)CC3)n2)c1. The molecule has 32 heavy (non-hydrogen) atoms. The molecule has 1 saturated heterocycles. The molecule has 2 aliphatic rings. The van der Waals surface area contributed by atoms with Crippen LogP contribution in [0, 0.1) is 19.8 Å². The van der Waals surface area contributed by atoms with Crippen LogP contribution in [-0.4, -0.2) is 47.0 Å². The van der Waals surface area contributed by atoms with Gasteiger partial charge in [-0.05, 0) is 38.2 Å². The molecule has 1 aromatic carbocycles. The van der Waals surface area contributed by atoms with Gasteiger partial charge in [-0.3, -0.25) is 4.79 Å². The van der Waals surface area contributed by atoms with Gasteiger partial charge < -0.3 is 9.80 Å². The fourth-order valence-corrected chi connectivity index (χ4v) is 5.35. The van der Waals surface area contributed by atoms with E-state index in [9.17, 15) is 4.79 Å². The van der Waals surface area contributed by atoms with Crippen LogP contribution in [0.15, 0.2) is 24.3 Å². The summed E-state index contributed by atoms with van der Waals surface area (Å²) >= 11 is 0. The molecule has 5 nitrogen and oxygen atoms in total. The molecule has 0 atom stereocenters. The molecule has 0 bridgehead atoms. The third-order valence-corrected chi connectivity index (χ3v) is 7.14. The van der Waals surface area contributed by atoms with Crippen LogP contribution < -0.4 is 4.90 Å². The van der Waals surface area contributed by atoms with Gasteiger partial charge in [-0.1, -0.05) is 63.3 Å². The van der Waals surface area contributed by atoms with E-state index in [1.807, 2.05) is 0 Å². The standard InChI is InChI=1S/C27H38N4O/c1-19(2)25-21(4)28-26(23-11-7-8-20(3)18-23)29-27(25)31-16-14-30(15-17-31)24(32)13-12-22-9-5-6-10-22/h7-8,11,18-19,22H,5-6,9-10,12-17H2,1-4H3. The smallest absolute Gasteiger partial charge is 0.222 e. The van der Waals surface area contributed by atoms with Crippen molar-refractivity contribution in [3.63, 3.8) is 0 Å². The van der Waals surface area contributed by atoms with E-state index in [1.165, 1.54) is 36.8 Å². The number of rotatable bonds is 6. The number of hydrogen-bond acceptors (Lipinski definition) is 4. The molecule has 1 saturated carbocycles. The minimum absolute atomic E-state index is 0.333. The molecule has 0 N–H and O–H groups in total. The molecule has 172 valence electrons. The maximum Gasteiger partial charge on any atom is 0.222 e. The minimum atomic E-state index is 0.333. The van der Waals surface area contributed by atoms with Gasteiger partial charge in [0.1, 0.15) is 5.82 Å². The maximum absolute atomic E-state index is 12.8. The van der Waals surface area contributed by atoms with Gasteiger partial charge in [-0.25, -0.2) is 9.97 Å². The summed E-state index contributed by atoms with van der Waals surface area (Å²) in [6, 6.07) is 8.40. The summed E-state index contributed by atoms with van der Waals surface area (Å²) in [5.41, 5.74) is 4.55. The molecule has 1 aliphatic carbocycles. The van der Waals surface area contributed by atoms with Crippen molar-refractivity contribution in [2.45, 2.75) is 72.1 Å². The monoisotopic (exact) mass is 434 g/mol. The molecule has 0 spiro atoms. The Kier molecular flexibility index (Phi) is 7.12. The van der Waals surface area contributed by atoms with Gasteiger partial charge in [0.25, 0.3) is 0 Å². The van der Waals surface area contributed by atoms with E-state index in [0.717, 1.165) is 61.4 Å². The zero-order chi connectivity index (χ0) is 22.7. The highest BCUT2D eigenvalue weighted by Gasteiger charge is 2.26. The highest BCUT2D eigenvalue weighted by molar-refractivity contribution is 5.76. The van der Waals surface area contributed by atoms with Crippen molar-refractivity contribution in [2.24, 2.45) is 5.92 Å². The van der Waals surface area contributed by atoms with E-state index in [0.29, 0.717) is 18.2 Å². The Morgan fingerprint density at radius 1 is 1.06 bits per heavy atom. The fraction of sp³-hybridized carbons (Fsp3) is 0.593. The first-order valence-corrected chi connectivity index (χ1v) is 12.4. The van der Waals surface area contributed by atoms with Crippen LogP contribution in [0.25, 0.3) is 11.4 Å². The van der Waals surface area contributed by atoms with Gasteiger partial charge in [0.15, 0.2) is 5.82 Å². The highest BCUT2D eigenvalue weighted by Crippen LogP contribution is 2.32. The summed E-state index contributed by atoms with van der Waals surface area (Å²) in [6.45, 7) is 11.9. The number of amides is 1. The predicted molar refractivity (Wildman–Crippen MR) is 131 cm³/mol. The fourth-order valence-electron chi connectivity index (χ4n) is 5.35. The Balaban J connectivity index is 1.48. The molecule has 4 rings (SSSR count). The minimum Gasteiger partial charge on any atom is -0.353 e. The quantitative estimate of drug-likeness (QED) is 0.602. The average molecular weight is 435 g/mol. The molecule has 1 amide bonds. The van der Waals surface area contributed by atoms with Crippen molar-refractivity contribution in [2.75, 3.05) is 31.1 Å². The lowest BCUT2D eigenvalue weighted by Crippen LogP contribution is -2.49. The highest BCUT2D eigenvalue weighted by atomic mass is 16.2. The molecule has 0 unspecified atom stereocenters. The number of nitrogens with zero attached hydrogens (tertiary/aromatic N) is 4. The molecular formula is C27H38N4O. The number of aryl methyl sites for hydroxylation is 2. The van der Waals surface area contributed by atoms with E-state index in [1.54, 1.807) is 0 Å². The second-order valence-electron chi connectivity index (χ2n) is 9.95. The van der Waals surface area contributed by atoms with Crippen LogP contribution in [0.5, 0.6) is 0 Å². The Bertz CT molecular complexity index is 941. The van der Waals surface area contributed by atoms with Crippen LogP contribution in [-0.2, 0) is 4.79 Å². The van der Waals surface area contributed by atoms with Gasteiger partial charge in [-0.2, -0.15) is 0 Å². The Morgan fingerprint density at radius 2 is 1.78 bits per heavy atom. The first kappa shape index (κ1) is 22.8. The second-order valence-corrected chi connectivity index (χ2v) is 9.95. The molecule has 1 aromatic heterocycles. The number of anilines is 1. The lowest BCUT2D eigenvalue weighted by Gasteiger charge is -2.37. The number of aromatic nitrogens is 2. The Morgan fingerprint density at radius 3 is 2.44 bits per heavy atom. The van der Waals surface area contributed by atoms with E-state index >= 15 is 0 Å². The zero-order valence-electron chi connectivity index (χ0n) is 20.2. The number of carbonyl (C=O) groups excluding carboxylic acids is 1. The maximum atomic E-state index is 12.8. The van der Waals surface area contributed by atoms with Crippen LogP contribution in [0.3, 0.4) is 0 Å². The van der Waals surface area contributed by atoms with E-state index in [4.69, 9.17) is 9.97 Å². The van der Waals surface area contributed by atoms with Crippen molar-refractivity contribution < 1.29 is 4.79 Å². The first-order chi connectivity index (χ1) is 15.4. The van der Waals surface area contributed by atoms with Crippen LogP contribution >= 0.6 is 0 Å². The molecular weight excluding hydrogens is 396 g/mol. The molecule has 0 radical (unpaired) electrons. The Hall–Kier alpha value is -2.43. The lowest BCUT2D eigenvalue weighted by atomic mass is 10.0. The summed E-state index contributed by atoms with van der Waals surface area (Å²) in [4.78, 5) is 27.1. The predicted octanol–water partition coefficient (Wildman–Crippen LogP) is 5.50. The summed E-state index contributed by atoms with van der Waals surface area (Å²) in [7, 11) is 0. The van der Waals surface area contributed by atoms with Crippen molar-refractivity contribution in [1.82, 2.24) is 14.9 Å². The molecule has 2 fully saturated rings. The van der Waals surface area contributed by atoms with Gasteiger partial charge in [-0.15, -0.1) is 0 Å². The zero-order valence-corrected chi connectivity index (χ0v) is 20.2. The number of piperazine rings is 1. The number of carbonyl (C=O) groups is 1. The van der Waals surface area contributed by atoms with Gasteiger partial charge >= 0.3 is 0 Å². The van der Waals surface area contributed by atoms with E-state index in [2.05, 4.69) is 61.8 Å². The van der Waals surface area contributed by atoms with Crippen molar-refractivity contribution in [3.8, 4) is 11.4 Å². The van der Waals surface area contributed by atoms with Crippen LogP contribution in [0.2, 0.25) is 0 Å². The Labute approximate surface area is 193 Å². The number of benzene rings is 1. The van der Waals surface area contributed by atoms with Gasteiger partial charge in [0, 0.05) is 49.4 Å². The van der Waals surface area contributed by atoms with Crippen molar-refractivity contribution >= 4 is 11.7 Å². The van der Waals surface area contributed by atoms with Crippen LogP contribution in [0.1, 0.15) is 75.1 Å². The third kappa shape index (κ3) is 5.13. The van der Waals surface area contributed by atoms with Gasteiger partial charge in [0.2, 0.25) is 5.91 Å². The summed E-state index contributed by atoms with van der Waals surface area (Å²) in [6.07, 6.45) is 7.11. The summed E-state index contributed by atoms with van der Waals surface area (Å²) in [5.74, 6) is 3.29. The largest absolute Gasteiger partial charge is 0.353 e. The van der Waals surface area contributed by atoms with Crippen molar-refractivity contribution in [3.05, 3.63) is 41.1 Å². The first-order valence-electron chi connectivity index (χ1n) is 12.4. The molecule has 5 heteroatoms. The van der Waals surface area contributed by atoms with Crippen LogP contribution in [0.4, 0.5) is 5.82 Å². The topological polar surface area (TPSA) is 49.3 Å². The average Bonchev–Trinajstić information content (AvgIpc) is 3.30. The normalized spacial score (nSPS) is 17.4. The van der Waals surface area contributed by atoms with Crippen molar-refractivity contribution in [1.29, 1.82) is 0 Å². The lowest BCUT2D eigenvalue weighted by molar-refractivity contribution is -0.131. The molecule has 2 aromatic rings. The number of hydrogen-bond donors (Lipinski definition) is 0. The molecule has 2 heterocycles. The summed E-state index contributed by atoms with van der Waals surface area (Å²) < 4.78 is 0.